The Balaban J connectivity index is 1.82. The first kappa shape index (κ1) is 12.0. The summed E-state index contributed by atoms with van der Waals surface area (Å²) in [7, 11) is 0. The normalized spacial score (nSPS) is 10.8. The van der Waals surface area contributed by atoms with Crippen molar-refractivity contribution >= 4 is 27.4 Å². The maximum absolute atomic E-state index is 13.1. The Kier molecular flexibility index (Phi) is 3.08. The van der Waals surface area contributed by atoms with Crippen LogP contribution in [0.4, 0.5) is 14.6 Å². The summed E-state index contributed by atoms with van der Waals surface area (Å²) in [5.74, 6) is -0.996. The minimum Gasteiger partial charge on any atom is -0.365 e. The van der Waals surface area contributed by atoms with Gasteiger partial charge in [-0.25, -0.2) is 18.7 Å². The fourth-order valence-corrected chi connectivity index (χ4v) is 2.50. The van der Waals surface area contributed by atoms with Crippen LogP contribution in [0.2, 0.25) is 0 Å². The lowest BCUT2D eigenvalue weighted by Gasteiger charge is -2.06. The summed E-state index contributed by atoms with van der Waals surface area (Å²) in [6.07, 6.45) is 1.48. The summed E-state index contributed by atoms with van der Waals surface area (Å²) in [6.45, 7) is 0.374. The Morgan fingerprint density at radius 2 is 2.00 bits per heavy atom. The first-order valence-corrected chi connectivity index (χ1v) is 6.48. The molecule has 0 fully saturated rings. The van der Waals surface area contributed by atoms with Gasteiger partial charge in [0.05, 0.1) is 5.39 Å². The van der Waals surface area contributed by atoms with Crippen LogP contribution in [0.3, 0.4) is 0 Å². The van der Waals surface area contributed by atoms with Crippen molar-refractivity contribution in [1.82, 2.24) is 9.97 Å². The molecular formula is C13H9F2N3S. The van der Waals surface area contributed by atoms with Crippen molar-refractivity contribution in [3.63, 3.8) is 0 Å². The first-order chi connectivity index (χ1) is 9.24. The molecule has 0 unspecified atom stereocenters. The van der Waals surface area contributed by atoms with Gasteiger partial charge in [0, 0.05) is 6.54 Å². The van der Waals surface area contributed by atoms with Gasteiger partial charge in [-0.2, -0.15) is 0 Å². The molecule has 0 aliphatic heterocycles. The van der Waals surface area contributed by atoms with E-state index in [1.54, 1.807) is 0 Å². The number of hydrogen-bond donors (Lipinski definition) is 1. The number of benzene rings is 1. The number of aromatic nitrogens is 2. The predicted octanol–water partition coefficient (Wildman–Crippen LogP) is 3.58. The van der Waals surface area contributed by atoms with Gasteiger partial charge in [0.15, 0.2) is 11.6 Å². The van der Waals surface area contributed by atoms with Crippen molar-refractivity contribution in [2.45, 2.75) is 6.54 Å². The van der Waals surface area contributed by atoms with Gasteiger partial charge < -0.3 is 5.32 Å². The van der Waals surface area contributed by atoms with Crippen LogP contribution in [-0.4, -0.2) is 9.97 Å². The third-order valence-corrected chi connectivity index (χ3v) is 3.53. The molecule has 0 atom stereocenters. The standard InChI is InChI=1S/C13H9F2N3S/c14-10-2-1-8(5-11(10)15)6-16-12-9-3-4-19-13(9)18-7-17-12/h1-5,7H,6H2,(H,16,17,18). The van der Waals surface area contributed by atoms with E-state index >= 15 is 0 Å². The van der Waals surface area contributed by atoms with E-state index in [-0.39, 0.29) is 0 Å². The average Bonchev–Trinajstić information content (AvgIpc) is 2.89. The third-order valence-electron chi connectivity index (χ3n) is 2.71. The van der Waals surface area contributed by atoms with Crippen LogP contribution in [0, 0.1) is 11.6 Å². The minimum absolute atomic E-state index is 0.374. The Bertz CT molecular complexity index is 727. The maximum atomic E-state index is 13.1. The summed E-state index contributed by atoms with van der Waals surface area (Å²) < 4.78 is 25.9. The zero-order chi connectivity index (χ0) is 13.2. The lowest BCUT2D eigenvalue weighted by Crippen LogP contribution is -2.02. The summed E-state index contributed by atoms with van der Waals surface area (Å²) in [5.41, 5.74) is 0.654. The zero-order valence-corrected chi connectivity index (χ0v) is 10.5. The Hall–Kier alpha value is -2.08. The molecule has 96 valence electrons. The van der Waals surface area contributed by atoms with Crippen molar-refractivity contribution in [2.24, 2.45) is 0 Å². The van der Waals surface area contributed by atoms with Crippen molar-refractivity contribution in [1.29, 1.82) is 0 Å². The lowest BCUT2D eigenvalue weighted by molar-refractivity contribution is 0.507. The summed E-state index contributed by atoms with van der Waals surface area (Å²) >= 11 is 1.53. The summed E-state index contributed by atoms with van der Waals surface area (Å²) in [5, 5.41) is 5.96. The van der Waals surface area contributed by atoms with Crippen molar-refractivity contribution in [3.8, 4) is 0 Å². The molecule has 0 aliphatic rings. The number of rotatable bonds is 3. The smallest absolute Gasteiger partial charge is 0.159 e. The van der Waals surface area contributed by atoms with Gasteiger partial charge >= 0.3 is 0 Å². The maximum Gasteiger partial charge on any atom is 0.159 e. The van der Waals surface area contributed by atoms with Crippen LogP contribution in [0.5, 0.6) is 0 Å². The Labute approximate surface area is 111 Å². The van der Waals surface area contributed by atoms with Crippen molar-refractivity contribution in [3.05, 3.63) is 53.2 Å². The molecule has 2 aromatic heterocycles. The van der Waals surface area contributed by atoms with E-state index in [0.29, 0.717) is 17.9 Å². The molecule has 0 radical (unpaired) electrons. The molecule has 2 heterocycles. The zero-order valence-electron chi connectivity index (χ0n) is 9.73. The highest BCUT2D eigenvalue weighted by molar-refractivity contribution is 7.16. The number of halogens is 2. The molecule has 1 aromatic carbocycles. The van der Waals surface area contributed by atoms with Gasteiger partial charge in [-0.1, -0.05) is 6.07 Å². The largest absolute Gasteiger partial charge is 0.365 e. The molecule has 3 nitrogen and oxygen atoms in total. The molecule has 1 N–H and O–H groups in total. The second kappa shape index (κ2) is 4.89. The van der Waals surface area contributed by atoms with E-state index in [4.69, 9.17) is 0 Å². The van der Waals surface area contributed by atoms with Gasteiger partial charge in [0.25, 0.3) is 0 Å². The van der Waals surface area contributed by atoms with Gasteiger partial charge in [0.2, 0.25) is 0 Å². The highest BCUT2D eigenvalue weighted by Gasteiger charge is 2.06. The molecule has 0 spiro atoms. The quantitative estimate of drug-likeness (QED) is 0.795. The Morgan fingerprint density at radius 3 is 2.84 bits per heavy atom. The van der Waals surface area contributed by atoms with Crippen LogP contribution in [0.1, 0.15) is 5.56 Å². The molecular weight excluding hydrogens is 268 g/mol. The number of fused-ring (bicyclic) bond motifs is 1. The highest BCUT2D eigenvalue weighted by atomic mass is 32.1. The van der Waals surface area contributed by atoms with Crippen LogP contribution < -0.4 is 5.32 Å². The molecule has 3 rings (SSSR count). The average molecular weight is 277 g/mol. The third kappa shape index (κ3) is 2.39. The first-order valence-electron chi connectivity index (χ1n) is 5.60. The number of nitrogens with zero attached hydrogens (tertiary/aromatic N) is 2. The molecule has 0 bridgehead atoms. The predicted molar refractivity (Wildman–Crippen MR) is 71.1 cm³/mol. The monoisotopic (exact) mass is 277 g/mol. The number of anilines is 1. The van der Waals surface area contributed by atoms with E-state index < -0.39 is 11.6 Å². The Morgan fingerprint density at radius 1 is 1.11 bits per heavy atom. The fourth-order valence-electron chi connectivity index (χ4n) is 1.77. The lowest BCUT2D eigenvalue weighted by atomic mass is 10.2. The van der Waals surface area contributed by atoms with Gasteiger partial charge in [-0.05, 0) is 29.1 Å². The molecule has 19 heavy (non-hydrogen) atoms. The van der Waals surface area contributed by atoms with E-state index in [0.717, 1.165) is 16.3 Å². The van der Waals surface area contributed by atoms with Crippen molar-refractivity contribution in [2.75, 3.05) is 5.32 Å². The van der Waals surface area contributed by atoms with Crippen LogP contribution in [-0.2, 0) is 6.54 Å². The molecule has 3 aromatic rings. The van der Waals surface area contributed by atoms with Crippen LogP contribution >= 0.6 is 11.3 Å². The van der Waals surface area contributed by atoms with E-state index in [1.165, 1.54) is 29.8 Å². The van der Waals surface area contributed by atoms with E-state index in [2.05, 4.69) is 15.3 Å². The topological polar surface area (TPSA) is 37.8 Å². The summed E-state index contributed by atoms with van der Waals surface area (Å²) in [6, 6.07) is 5.76. The second-order valence-electron chi connectivity index (χ2n) is 3.96. The van der Waals surface area contributed by atoms with Crippen LogP contribution in [0.25, 0.3) is 10.2 Å². The van der Waals surface area contributed by atoms with E-state index in [9.17, 15) is 8.78 Å². The summed E-state index contributed by atoms with van der Waals surface area (Å²) in [4.78, 5) is 9.18. The highest BCUT2D eigenvalue weighted by Crippen LogP contribution is 2.24. The van der Waals surface area contributed by atoms with Gasteiger partial charge in [-0.3, -0.25) is 0 Å². The second-order valence-corrected chi connectivity index (χ2v) is 4.86. The molecule has 0 saturated heterocycles. The molecule has 0 saturated carbocycles. The van der Waals surface area contributed by atoms with Gasteiger partial charge in [-0.15, -0.1) is 11.3 Å². The van der Waals surface area contributed by atoms with Crippen molar-refractivity contribution < 1.29 is 8.78 Å². The number of thiophene rings is 1. The molecule has 0 aliphatic carbocycles. The fraction of sp³-hybridized carbons (Fsp3) is 0.0769. The minimum atomic E-state index is -0.845. The number of nitrogens with one attached hydrogen (secondary N) is 1. The van der Waals surface area contributed by atoms with Gasteiger partial charge in [0.1, 0.15) is 17.0 Å². The SMILES string of the molecule is Fc1ccc(CNc2ncnc3sccc23)cc1F. The molecule has 6 heteroatoms. The number of hydrogen-bond acceptors (Lipinski definition) is 4. The van der Waals surface area contributed by atoms with Crippen LogP contribution in [0.15, 0.2) is 36.0 Å². The molecule has 0 amide bonds. The van der Waals surface area contributed by atoms with E-state index in [1.807, 2.05) is 11.4 Å².